The molecular formula is C37H44N4O7. The van der Waals surface area contributed by atoms with E-state index in [2.05, 4.69) is 27.6 Å². The quantitative estimate of drug-likeness (QED) is 0.183. The van der Waals surface area contributed by atoms with Crippen molar-refractivity contribution in [1.82, 2.24) is 15.2 Å². The number of nitrogens with one attached hydrogen (secondary N) is 3. The van der Waals surface area contributed by atoms with Crippen LogP contribution in [0.3, 0.4) is 0 Å². The van der Waals surface area contributed by atoms with E-state index in [-0.39, 0.29) is 42.3 Å². The lowest BCUT2D eigenvalue weighted by molar-refractivity contribution is -0.135. The third kappa shape index (κ3) is 6.81. The van der Waals surface area contributed by atoms with Gasteiger partial charge in [-0.05, 0) is 93.7 Å². The Labute approximate surface area is 279 Å². The number of hydrogen-bond donors (Lipinski definition) is 3. The molecule has 4 bridgehead atoms. The number of nitrogens with zero attached hydrogens (tertiary/aromatic N) is 1. The molecule has 0 saturated heterocycles. The summed E-state index contributed by atoms with van der Waals surface area (Å²) in [5, 5.41) is 9.52. The average molecular weight is 657 g/mol. The van der Waals surface area contributed by atoms with E-state index in [1.54, 1.807) is 31.2 Å². The van der Waals surface area contributed by atoms with Gasteiger partial charge >= 0.3 is 5.97 Å². The van der Waals surface area contributed by atoms with Gasteiger partial charge in [-0.25, -0.2) is 4.79 Å². The van der Waals surface area contributed by atoms with Gasteiger partial charge in [0.1, 0.15) is 23.9 Å². The molecule has 2 heterocycles. The molecule has 254 valence electrons. The fourth-order valence-electron chi connectivity index (χ4n) is 8.87. The minimum atomic E-state index is -1.08. The third-order valence-corrected chi connectivity index (χ3v) is 10.7. The maximum absolute atomic E-state index is 13.6. The van der Waals surface area contributed by atoms with Gasteiger partial charge in [0.05, 0.1) is 7.11 Å². The molecule has 0 radical (unpaired) electrons. The standard InChI is InChI=1S/C37H44N4O7/c1-4-36-17-24-16-25(18-36)20-37(19-24,22-36)40-30(42)21-41-15-9-12-28(35(41)46)39-33(44)27(11-6-8-14-31(43)47-3)38-34(45)32-23(2)26-10-5-7-13-29(26)48-32/h5,7-10,12-15,24-25,27H,4,6,11,16-22H2,1-3H3,(H,38,45)(H,39,44)(H,40,42)/b14-8+/t24?,25?,27-,36?,37?/m0/s1. The third-order valence-electron chi connectivity index (χ3n) is 10.7. The Morgan fingerprint density at radius 1 is 1.08 bits per heavy atom. The Kier molecular flexibility index (Phi) is 9.31. The van der Waals surface area contributed by atoms with Crippen LogP contribution in [0.4, 0.5) is 5.69 Å². The van der Waals surface area contributed by atoms with Crippen molar-refractivity contribution in [3.63, 3.8) is 0 Å². The summed E-state index contributed by atoms with van der Waals surface area (Å²) in [6.07, 6.45) is 12.6. The van der Waals surface area contributed by atoms with Crippen LogP contribution < -0.4 is 21.5 Å². The second kappa shape index (κ2) is 13.4. The number of ether oxygens (including phenoxy) is 1. The summed E-state index contributed by atoms with van der Waals surface area (Å²) in [5.41, 5.74) is 0.736. The number of hydrogen-bond acceptors (Lipinski definition) is 7. The number of esters is 1. The van der Waals surface area contributed by atoms with Gasteiger partial charge in [-0.2, -0.15) is 0 Å². The Balaban J connectivity index is 1.15. The van der Waals surface area contributed by atoms with Crippen molar-refractivity contribution < 1.29 is 28.3 Å². The van der Waals surface area contributed by atoms with Gasteiger partial charge in [0, 0.05) is 28.8 Å². The molecule has 4 aliphatic carbocycles. The summed E-state index contributed by atoms with van der Waals surface area (Å²) in [7, 11) is 1.26. The normalized spacial score (nSPS) is 24.8. The number of methoxy groups -OCH3 is 1. The molecular weight excluding hydrogens is 612 g/mol. The van der Waals surface area contributed by atoms with E-state index in [1.807, 2.05) is 12.1 Å². The lowest BCUT2D eigenvalue weighted by Gasteiger charge is -2.62. The average Bonchev–Trinajstić information content (AvgIpc) is 3.39. The van der Waals surface area contributed by atoms with E-state index >= 15 is 0 Å². The highest BCUT2D eigenvalue weighted by molar-refractivity contribution is 6.03. The van der Waals surface area contributed by atoms with E-state index in [4.69, 9.17) is 4.42 Å². The first-order valence-corrected chi connectivity index (χ1v) is 16.9. The molecule has 11 nitrogen and oxygen atoms in total. The number of aryl methyl sites for hydroxylation is 1. The molecule has 4 fully saturated rings. The second-order valence-electron chi connectivity index (χ2n) is 14.1. The number of furan rings is 1. The van der Waals surface area contributed by atoms with Crippen LogP contribution in [0.25, 0.3) is 11.0 Å². The van der Waals surface area contributed by atoms with Gasteiger partial charge in [-0.3, -0.25) is 19.2 Å². The highest BCUT2D eigenvalue weighted by Crippen LogP contribution is 2.62. The number of amides is 3. The topological polar surface area (TPSA) is 149 Å². The zero-order chi connectivity index (χ0) is 34.1. The lowest BCUT2D eigenvalue weighted by atomic mass is 9.46. The van der Waals surface area contributed by atoms with Crippen LogP contribution >= 0.6 is 0 Å². The molecule has 2 unspecified atom stereocenters. The summed E-state index contributed by atoms with van der Waals surface area (Å²) in [4.78, 5) is 65.3. The van der Waals surface area contributed by atoms with E-state index in [0.29, 0.717) is 28.4 Å². The molecule has 0 spiro atoms. The maximum Gasteiger partial charge on any atom is 0.330 e. The van der Waals surface area contributed by atoms with Gasteiger partial charge in [0.2, 0.25) is 11.8 Å². The van der Waals surface area contributed by atoms with Crippen molar-refractivity contribution >= 4 is 40.3 Å². The molecule has 4 saturated carbocycles. The van der Waals surface area contributed by atoms with Crippen LogP contribution in [0.2, 0.25) is 0 Å². The van der Waals surface area contributed by atoms with Gasteiger partial charge in [0.25, 0.3) is 11.5 Å². The smallest absolute Gasteiger partial charge is 0.330 e. The van der Waals surface area contributed by atoms with E-state index in [1.165, 1.54) is 49.3 Å². The van der Waals surface area contributed by atoms with Gasteiger partial charge < -0.3 is 29.7 Å². The molecule has 0 aliphatic heterocycles. The van der Waals surface area contributed by atoms with Crippen LogP contribution in [-0.4, -0.2) is 46.9 Å². The second-order valence-corrected chi connectivity index (χ2v) is 14.1. The largest absolute Gasteiger partial charge is 0.466 e. The summed E-state index contributed by atoms with van der Waals surface area (Å²) in [6, 6.07) is 9.24. The van der Waals surface area contributed by atoms with Gasteiger partial charge in [0.15, 0.2) is 5.76 Å². The van der Waals surface area contributed by atoms with Crippen molar-refractivity contribution in [3.8, 4) is 0 Å². The summed E-state index contributed by atoms with van der Waals surface area (Å²) < 4.78 is 11.7. The Morgan fingerprint density at radius 3 is 2.54 bits per heavy atom. The van der Waals surface area contributed by atoms with Crippen molar-refractivity contribution in [3.05, 3.63) is 76.4 Å². The molecule has 48 heavy (non-hydrogen) atoms. The van der Waals surface area contributed by atoms with Crippen molar-refractivity contribution in [2.75, 3.05) is 12.4 Å². The highest BCUT2D eigenvalue weighted by atomic mass is 16.5. The van der Waals surface area contributed by atoms with Crippen molar-refractivity contribution in [2.24, 2.45) is 17.3 Å². The summed E-state index contributed by atoms with van der Waals surface area (Å²) in [5.74, 6) is -0.590. The van der Waals surface area contributed by atoms with Crippen LogP contribution in [0, 0.1) is 24.2 Å². The number of pyridine rings is 1. The molecule has 4 aliphatic rings. The van der Waals surface area contributed by atoms with E-state index in [9.17, 15) is 24.0 Å². The predicted octanol–water partition coefficient (Wildman–Crippen LogP) is 5.01. The summed E-state index contributed by atoms with van der Waals surface area (Å²) >= 11 is 0. The van der Waals surface area contributed by atoms with E-state index < -0.39 is 29.4 Å². The Morgan fingerprint density at radius 2 is 1.83 bits per heavy atom. The number of anilines is 1. The molecule has 1 aromatic carbocycles. The molecule has 2 aromatic heterocycles. The maximum atomic E-state index is 13.6. The zero-order valence-electron chi connectivity index (χ0n) is 27.8. The first kappa shape index (κ1) is 33.2. The number of carbonyl (C=O) groups excluding carboxylic acids is 4. The number of allylic oxidation sites excluding steroid dienone is 1. The van der Waals surface area contributed by atoms with Gasteiger partial charge in [-0.15, -0.1) is 0 Å². The lowest BCUT2D eigenvalue weighted by Crippen LogP contribution is -2.63. The first-order valence-electron chi connectivity index (χ1n) is 16.9. The minimum Gasteiger partial charge on any atom is -0.466 e. The highest BCUT2D eigenvalue weighted by Gasteiger charge is 2.57. The molecule has 3 N–H and O–H groups in total. The molecule has 3 aromatic rings. The number of rotatable bonds is 12. The first-order chi connectivity index (χ1) is 23.0. The molecule has 7 rings (SSSR count). The zero-order valence-corrected chi connectivity index (χ0v) is 27.8. The van der Waals surface area contributed by atoms with Crippen LogP contribution in [0.1, 0.15) is 80.8 Å². The van der Waals surface area contributed by atoms with Gasteiger partial charge in [-0.1, -0.05) is 37.6 Å². The van der Waals surface area contributed by atoms with Crippen LogP contribution in [-0.2, 0) is 25.7 Å². The summed E-state index contributed by atoms with van der Waals surface area (Å²) in [6.45, 7) is 3.86. The Bertz CT molecular complexity index is 1810. The molecule has 3 atom stereocenters. The van der Waals surface area contributed by atoms with Crippen LogP contribution in [0.15, 0.2) is 64.0 Å². The molecule has 3 amide bonds. The monoisotopic (exact) mass is 656 g/mol. The molecule has 11 heteroatoms. The Hall–Kier alpha value is -4.67. The fraction of sp³-hybridized carbons (Fsp3) is 0.486. The van der Waals surface area contributed by atoms with Crippen molar-refractivity contribution in [2.45, 2.75) is 89.8 Å². The number of fused-ring (bicyclic) bond motifs is 1. The van der Waals surface area contributed by atoms with Crippen molar-refractivity contribution in [1.29, 1.82) is 0 Å². The van der Waals surface area contributed by atoms with E-state index in [0.717, 1.165) is 31.1 Å². The number of para-hydroxylation sites is 1. The van der Waals surface area contributed by atoms with Crippen LogP contribution in [0.5, 0.6) is 0 Å². The number of benzene rings is 1. The number of carbonyl (C=O) groups is 4. The fourth-order valence-corrected chi connectivity index (χ4v) is 8.87. The SMILES string of the molecule is CCC12CC3CC(C1)CC(NC(=O)Cn1cccc(NC(=O)[C@H](CC/C=C/C(=O)OC)NC(=O)c4oc5ccccc5c4C)c1=O)(C3)C2. The minimum absolute atomic E-state index is 0.0145. The predicted molar refractivity (Wildman–Crippen MR) is 180 cm³/mol. The number of aromatic nitrogens is 1.